The number of nitrogens with one attached hydrogen (secondary N) is 1. The van der Waals surface area contributed by atoms with E-state index in [-0.39, 0.29) is 18.4 Å². The van der Waals surface area contributed by atoms with Crippen molar-refractivity contribution in [3.05, 3.63) is 41.4 Å². The Kier molecular flexibility index (Phi) is 5.48. The number of amides is 2. The highest BCUT2D eigenvalue weighted by Gasteiger charge is 2.17. The zero-order valence-electron chi connectivity index (χ0n) is 12.4. The first-order valence-corrected chi connectivity index (χ1v) is 7.64. The smallest absolute Gasteiger partial charge is 0.254 e. The van der Waals surface area contributed by atoms with Gasteiger partial charge in [0.25, 0.3) is 5.91 Å². The number of methoxy groups -OCH3 is 1. The molecule has 0 unspecified atom stereocenters. The van der Waals surface area contributed by atoms with Crippen molar-refractivity contribution in [2.24, 2.45) is 0 Å². The Labute approximate surface area is 132 Å². The number of aromatic nitrogens is 1. The van der Waals surface area contributed by atoms with Gasteiger partial charge in [0.2, 0.25) is 5.91 Å². The molecule has 1 aromatic carbocycles. The van der Waals surface area contributed by atoms with Crippen LogP contribution in [0.2, 0.25) is 0 Å². The largest absolute Gasteiger partial charge is 0.497 e. The summed E-state index contributed by atoms with van der Waals surface area (Å²) in [6, 6.07) is 6.80. The van der Waals surface area contributed by atoms with Gasteiger partial charge in [-0.1, -0.05) is 0 Å². The number of anilines is 1. The maximum absolute atomic E-state index is 12.4. The summed E-state index contributed by atoms with van der Waals surface area (Å²) in [4.78, 5) is 29.8. The van der Waals surface area contributed by atoms with Crippen LogP contribution in [-0.4, -0.2) is 41.9 Å². The molecule has 7 heteroatoms. The lowest BCUT2D eigenvalue weighted by Gasteiger charge is -2.20. The molecule has 0 saturated heterocycles. The summed E-state index contributed by atoms with van der Waals surface area (Å²) in [6.07, 6.45) is 1.61. The highest BCUT2D eigenvalue weighted by Crippen LogP contribution is 2.14. The summed E-state index contributed by atoms with van der Waals surface area (Å²) in [5, 5.41) is 4.97. The molecule has 0 bridgehead atoms. The zero-order valence-corrected chi connectivity index (χ0v) is 13.2. The van der Waals surface area contributed by atoms with E-state index in [9.17, 15) is 9.59 Å². The molecule has 2 amide bonds. The normalized spacial score (nSPS) is 10.1. The molecular weight excluding hydrogens is 302 g/mol. The molecule has 2 aromatic rings. The van der Waals surface area contributed by atoms with Crippen LogP contribution >= 0.6 is 11.3 Å². The van der Waals surface area contributed by atoms with Gasteiger partial charge in [0.1, 0.15) is 12.3 Å². The SMILES string of the molecule is CCN(CC(=O)Nc1nccs1)C(=O)c1ccc(OC)cc1. The van der Waals surface area contributed by atoms with E-state index in [0.717, 1.165) is 0 Å². The van der Waals surface area contributed by atoms with Crippen LogP contribution in [0.1, 0.15) is 17.3 Å². The Balaban J connectivity index is 2.00. The second kappa shape index (κ2) is 7.56. The number of ether oxygens (including phenoxy) is 1. The Morgan fingerprint density at radius 3 is 2.59 bits per heavy atom. The molecule has 0 aliphatic heterocycles. The number of carbonyl (C=O) groups excluding carboxylic acids is 2. The molecule has 6 nitrogen and oxygen atoms in total. The van der Waals surface area contributed by atoms with Crippen LogP contribution in [0, 0.1) is 0 Å². The minimum Gasteiger partial charge on any atom is -0.497 e. The number of carbonyl (C=O) groups is 2. The lowest BCUT2D eigenvalue weighted by Crippen LogP contribution is -2.37. The predicted octanol–water partition coefficient (Wildman–Crippen LogP) is 2.25. The highest BCUT2D eigenvalue weighted by atomic mass is 32.1. The number of rotatable bonds is 6. The number of thiazole rings is 1. The third kappa shape index (κ3) is 4.05. The third-order valence-corrected chi connectivity index (χ3v) is 3.71. The highest BCUT2D eigenvalue weighted by molar-refractivity contribution is 7.13. The molecule has 0 aliphatic carbocycles. The number of likely N-dealkylation sites (N-methyl/N-ethyl adjacent to an activating group) is 1. The second-order valence-corrected chi connectivity index (χ2v) is 5.33. The minimum absolute atomic E-state index is 0.0130. The number of nitrogens with zero attached hydrogens (tertiary/aromatic N) is 2. The first kappa shape index (κ1) is 16.0. The van der Waals surface area contributed by atoms with Gasteiger partial charge in [0.05, 0.1) is 7.11 Å². The van der Waals surface area contributed by atoms with Crippen molar-refractivity contribution in [1.82, 2.24) is 9.88 Å². The summed E-state index contributed by atoms with van der Waals surface area (Å²) < 4.78 is 5.06. The van der Waals surface area contributed by atoms with E-state index < -0.39 is 0 Å². The molecule has 2 rings (SSSR count). The fourth-order valence-corrected chi connectivity index (χ4v) is 2.41. The number of hydrogen-bond donors (Lipinski definition) is 1. The number of hydrogen-bond acceptors (Lipinski definition) is 5. The van der Waals surface area contributed by atoms with Gasteiger partial charge in [-0.15, -0.1) is 11.3 Å². The summed E-state index contributed by atoms with van der Waals surface area (Å²) >= 11 is 1.33. The van der Waals surface area contributed by atoms with Crippen molar-refractivity contribution < 1.29 is 14.3 Å². The summed E-state index contributed by atoms with van der Waals surface area (Å²) in [6.45, 7) is 2.26. The maximum atomic E-state index is 12.4. The quantitative estimate of drug-likeness (QED) is 0.886. The van der Waals surface area contributed by atoms with Crippen LogP contribution in [0.5, 0.6) is 5.75 Å². The van der Waals surface area contributed by atoms with E-state index in [1.807, 2.05) is 6.92 Å². The minimum atomic E-state index is -0.265. The molecule has 1 N–H and O–H groups in total. The lowest BCUT2D eigenvalue weighted by molar-refractivity contribution is -0.116. The predicted molar refractivity (Wildman–Crippen MR) is 85.3 cm³/mol. The van der Waals surface area contributed by atoms with E-state index in [1.165, 1.54) is 16.2 Å². The van der Waals surface area contributed by atoms with Crippen molar-refractivity contribution in [3.63, 3.8) is 0 Å². The van der Waals surface area contributed by atoms with Gasteiger partial charge in [-0.25, -0.2) is 4.98 Å². The molecule has 0 atom stereocenters. The van der Waals surface area contributed by atoms with Gasteiger partial charge in [-0.05, 0) is 31.2 Å². The van der Waals surface area contributed by atoms with Crippen LogP contribution in [0.25, 0.3) is 0 Å². The standard InChI is InChI=1S/C15H17N3O3S/c1-3-18(10-13(19)17-15-16-8-9-22-15)14(20)11-4-6-12(21-2)7-5-11/h4-9H,3,10H2,1-2H3,(H,16,17,19). The number of benzene rings is 1. The maximum Gasteiger partial charge on any atom is 0.254 e. The molecule has 0 aliphatic rings. The van der Waals surface area contributed by atoms with E-state index in [0.29, 0.717) is 23.0 Å². The van der Waals surface area contributed by atoms with Gasteiger partial charge < -0.3 is 15.0 Å². The Morgan fingerprint density at radius 1 is 1.32 bits per heavy atom. The summed E-state index contributed by atoms with van der Waals surface area (Å²) in [5.41, 5.74) is 0.518. The van der Waals surface area contributed by atoms with Crippen molar-refractivity contribution in [2.75, 3.05) is 25.5 Å². The average Bonchev–Trinajstić information content (AvgIpc) is 3.05. The molecule has 22 heavy (non-hydrogen) atoms. The first-order valence-electron chi connectivity index (χ1n) is 6.76. The molecule has 0 saturated carbocycles. The third-order valence-electron chi connectivity index (χ3n) is 3.02. The Hall–Kier alpha value is -2.41. The monoisotopic (exact) mass is 319 g/mol. The summed E-state index contributed by atoms with van der Waals surface area (Å²) in [5.74, 6) is 0.221. The van der Waals surface area contributed by atoms with Crippen molar-refractivity contribution in [1.29, 1.82) is 0 Å². The van der Waals surface area contributed by atoms with Gasteiger partial charge >= 0.3 is 0 Å². The Bertz CT molecular complexity index is 626. The van der Waals surface area contributed by atoms with Crippen LogP contribution in [-0.2, 0) is 4.79 Å². The average molecular weight is 319 g/mol. The molecule has 0 radical (unpaired) electrons. The molecule has 116 valence electrons. The van der Waals surface area contributed by atoms with Crippen molar-refractivity contribution >= 4 is 28.3 Å². The van der Waals surface area contributed by atoms with Gasteiger partial charge in [-0.2, -0.15) is 0 Å². The Morgan fingerprint density at radius 2 is 2.05 bits per heavy atom. The van der Waals surface area contributed by atoms with Crippen LogP contribution in [0.15, 0.2) is 35.8 Å². The summed E-state index contributed by atoms with van der Waals surface area (Å²) in [7, 11) is 1.57. The lowest BCUT2D eigenvalue weighted by atomic mass is 10.2. The van der Waals surface area contributed by atoms with Crippen LogP contribution in [0.4, 0.5) is 5.13 Å². The second-order valence-electron chi connectivity index (χ2n) is 4.43. The van der Waals surface area contributed by atoms with Crippen LogP contribution < -0.4 is 10.1 Å². The van der Waals surface area contributed by atoms with E-state index in [2.05, 4.69) is 10.3 Å². The molecule has 0 fully saturated rings. The van der Waals surface area contributed by atoms with E-state index >= 15 is 0 Å². The molecule has 0 spiro atoms. The van der Waals surface area contributed by atoms with Gasteiger partial charge in [0, 0.05) is 23.7 Å². The zero-order chi connectivity index (χ0) is 15.9. The first-order chi connectivity index (χ1) is 10.6. The topological polar surface area (TPSA) is 71.5 Å². The molecule has 1 heterocycles. The van der Waals surface area contributed by atoms with Gasteiger partial charge in [0.15, 0.2) is 5.13 Å². The van der Waals surface area contributed by atoms with Crippen LogP contribution in [0.3, 0.4) is 0 Å². The fraction of sp³-hybridized carbons (Fsp3) is 0.267. The van der Waals surface area contributed by atoms with Crippen molar-refractivity contribution in [2.45, 2.75) is 6.92 Å². The van der Waals surface area contributed by atoms with Gasteiger partial charge in [-0.3, -0.25) is 9.59 Å². The fourth-order valence-electron chi connectivity index (χ4n) is 1.86. The van der Waals surface area contributed by atoms with E-state index in [1.54, 1.807) is 43.0 Å². The molecule has 1 aromatic heterocycles. The van der Waals surface area contributed by atoms with Crippen molar-refractivity contribution in [3.8, 4) is 5.75 Å². The molecular formula is C15H17N3O3S. The van der Waals surface area contributed by atoms with E-state index in [4.69, 9.17) is 4.74 Å².